The third-order valence-electron chi connectivity index (χ3n) is 1.91. The van der Waals surface area contributed by atoms with E-state index in [9.17, 15) is 13.2 Å². The first kappa shape index (κ1) is 13.2. The van der Waals surface area contributed by atoms with Crippen molar-refractivity contribution in [3.63, 3.8) is 0 Å². The van der Waals surface area contributed by atoms with Crippen molar-refractivity contribution < 1.29 is 18.3 Å². The molecule has 0 aromatic heterocycles. The minimum absolute atomic E-state index is 0.219. The highest BCUT2D eigenvalue weighted by Crippen LogP contribution is 2.33. The van der Waals surface area contributed by atoms with E-state index in [1.54, 1.807) is 0 Å². The summed E-state index contributed by atoms with van der Waals surface area (Å²) < 4.78 is 36.3. The molecule has 80 valence electrons. The average Bonchev–Trinajstić information content (AvgIpc) is 1.96. The number of alkyl halides is 4. The van der Waals surface area contributed by atoms with Gasteiger partial charge in [-0.25, -0.2) is 0 Å². The molecule has 1 unspecified atom stereocenters. The topological polar surface area (TPSA) is 20.2 Å². The van der Waals surface area contributed by atoms with E-state index in [4.69, 9.17) is 5.11 Å². The van der Waals surface area contributed by atoms with E-state index in [1.807, 2.05) is 0 Å². The fourth-order valence-corrected chi connectivity index (χ4v) is 1.28. The molecule has 0 bridgehead atoms. The first-order valence-electron chi connectivity index (χ1n) is 4.16. The summed E-state index contributed by atoms with van der Waals surface area (Å²) in [5, 5.41) is 9.81. The van der Waals surface area contributed by atoms with Crippen molar-refractivity contribution in [3.05, 3.63) is 0 Å². The van der Waals surface area contributed by atoms with Gasteiger partial charge in [-0.2, -0.15) is 13.2 Å². The molecule has 0 radical (unpaired) electrons. The monoisotopic (exact) mass is 262 g/mol. The van der Waals surface area contributed by atoms with Gasteiger partial charge >= 0.3 is 6.18 Å². The summed E-state index contributed by atoms with van der Waals surface area (Å²) in [4.78, 5) is 0. The quantitative estimate of drug-likeness (QED) is 0.596. The van der Waals surface area contributed by atoms with Gasteiger partial charge in [0.15, 0.2) is 5.60 Å². The van der Waals surface area contributed by atoms with Crippen LogP contribution in [0.25, 0.3) is 0 Å². The van der Waals surface area contributed by atoms with Crippen molar-refractivity contribution in [2.75, 3.05) is 5.33 Å². The maximum Gasteiger partial charge on any atom is 0.416 e. The van der Waals surface area contributed by atoms with E-state index >= 15 is 0 Å². The molecule has 1 N–H and O–H groups in total. The Bertz CT molecular complexity index is 145. The molecule has 0 spiro atoms. The van der Waals surface area contributed by atoms with Crippen molar-refractivity contribution in [1.29, 1.82) is 0 Å². The van der Waals surface area contributed by atoms with Crippen molar-refractivity contribution in [2.24, 2.45) is 0 Å². The average molecular weight is 263 g/mol. The SMILES string of the molecule is CC(O)(CCCCCBr)C(F)(F)F. The highest BCUT2D eigenvalue weighted by molar-refractivity contribution is 9.09. The van der Waals surface area contributed by atoms with Gasteiger partial charge in [0, 0.05) is 5.33 Å². The molecule has 1 nitrogen and oxygen atoms in total. The Kier molecular flexibility index (Phi) is 5.29. The number of unbranched alkanes of at least 4 members (excludes halogenated alkanes) is 2. The molecular formula is C8H14BrF3O. The van der Waals surface area contributed by atoms with Gasteiger partial charge in [0.2, 0.25) is 0 Å². The molecule has 0 aromatic carbocycles. The predicted molar refractivity (Wildman–Crippen MR) is 48.9 cm³/mol. The van der Waals surface area contributed by atoms with Crippen molar-refractivity contribution in [1.82, 2.24) is 0 Å². The molecule has 0 saturated carbocycles. The lowest BCUT2D eigenvalue weighted by atomic mass is 9.98. The van der Waals surface area contributed by atoms with Crippen LogP contribution >= 0.6 is 15.9 Å². The van der Waals surface area contributed by atoms with E-state index in [0.29, 0.717) is 12.8 Å². The van der Waals surface area contributed by atoms with Crippen LogP contribution in [0.1, 0.15) is 32.6 Å². The summed E-state index contributed by atoms with van der Waals surface area (Å²) in [6, 6.07) is 0. The van der Waals surface area contributed by atoms with Crippen LogP contribution in [0.3, 0.4) is 0 Å². The highest BCUT2D eigenvalue weighted by Gasteiger charge is 2.48. The van der Waals surface area contributed by atoms with Gasteiger partial charge in [-0.15, -0.1) is 0 Å². The zero-order valence-electron chi connectivity index (χ0n) is 7.49. The number of hydrogen-bond donors (Lipinski definition) is 1. The van der Waals surface area contributed by atoms with Gasteiger partial charge in [-0.3, -0.25) is 0 Å². The van der Waals surface area contributed by atoms with Crippen LogP contribution in [-0.4, -0.2) is 22.2 Å². The molecular weight excluding hydrogens is 249 g/mol. The summed E-state index contributed by atoms with van der Waals surface area (Å²) in [5.74, 6) is 0. The molecule has 0 aliphatic carbocycles. The molecule has 0 aliphatic heterocycles. The normalized spacial score (nSPS) is 17.1. The Morgan fingerprint density at radius 2 is 1.69 bits per heavy atom. The molecule has 0 aromatic rings. The van der Waals surface area contributed by atoms with Crippen LogP contribution < -0.4 is 0 Å². The van der Waals surface area contributed by atoms with Gasteiger partial charge < -0.3 is 5.11 Å². The van der Waals surface area contributed by atoms with Crippen LogP contribution in [0, 0.1) is 0 Å². The standard InChI is InChI=1S/C8H14BrF3O/c1-7(13,8(10,11)12)5-3-2-4-6-9/h13H,2-6H2,1H3. The largest absolute Gasteiger partial charge is 0.416 e. The molecule has 0 amide bonds. The van der Waals surface area contributed by atoms with Crippen LogP contribution in [0.5, 0.6) is 0 Å². The van der Waals surface area contributed by atoms with Crippen molar-refractivity contribution >= 4 is 15.9 Å². The first-order valence-corrected chi connectivity index (χ1v) is 5.28. The molecule has 0 aliphatic rings. The van der Waals surface area contributed by atoms with Crippen LogP contribution in [0.4, 0.5) is 13.2 Å². The van der Waals surface area contributed by atoms with Crippen LogP contribution in [0.15, 0.2) is 0 Å². The summed E-state index contributed by atoms with van der Waals surface area (Å²) >= 11 is 3.18. The van der Waals surface area contributed by atoms with Gasteiger partial charge in [-0.05, 0) is 19.8 Å². The number of halogens is 4. The van der Waals surface area contributed by atoms with E-state index in [2.05, 4.69) is 15.9 Å². The Morgan fingerprint density at radius 3 is 2.08 bits per heavy atom. The zero-order chi connectivity index (χ0) is 10.5. The lowest BCUT2D eigenvalue weighted by Gasteiger charge is -2.25. The molecule has 0 fully saturated rings. The predicted octanol–water partition coefficient (Wildman–Crippen LogP) is 3.26. The minimum Gasteiger partial charge on any atom is -0.381 e. The Labute approximate surface area is 84.5 Å². The highest BCUT2D eigenvalue weighted by atomic mass is 79.9. The Hall–Kier alpha value is 0.230. The second-order valence-electron chi connectivity index (χ2n) is 3.27. The third-order valence-corrected chi connectivity index (χ3v) is 2.47. The van der Waals surface area contributed by atoms with Crippen molar-refractivity contribution in [3.8, 4) is 0 Å². The van der Waals surface area contributed by atoms with E-state index in [0.717, 1.165) is 18.7 Å². The third kappa shape index (κ3) is 4.86. The fourth-order valence-electron chi connectivity index (χ4n) is 0.882. The van der Waals surface area contributed by atoms with Gasteiger partial charge in [0.25, 0.3) is 0 Å². The maximum atomic E-state index is 12.1. The van der Waals surface area contributed by atoms with E-state index in [1.165, 1.54) is 0 Å². The smallest absolute Gasteiger partial charge is 0.381 e. The second kappa shape index (κ2) is 5.20. The van der Waals surface area contributed by atoms with Crippen LogP contribution in [0.2, 0.25) is 0 Å². The molecule has 1 atom stereocenters. The lowest BCUT2D eigenvalue weighted by molar-refractivity contribution is -0.255. The van der Waals surface area contributed by atoms with Gasteiger partial charge in [0.1, 0.15) is 0 Å². The maximum absolute atomic E-state index is 12.1. The second-order valence-corrected chi connectivity index (χ2v) is 4.06. The Morgan fingerprint density at radius 1 is 1.15 bits per heavy atom. The first-order chi connectivity index (χ1) is 5.81. The lowest BCUT2D eigenvalue weighted by Crippen LogP contribution is -2.41. The molecule has 0 heterocycles. The number of rotatable bonds is 5. The summed E-state index contributed by atoms with van der Waals surface area (Å²) in [6.07, 6.45) is -2.78. The fraction of sp³-hybridized carbons (Fsp3) is 1.00. The zero-order valence-corrected chi connectivity index (χ0v) is 9.08. The summed E-state index contributed by atoms with van der Waals surface area (Å²) in [5.41, 5.74) is -2.53. The molecule has 13 heavy (non-hydrogen) atoms. The Balaban J connectivity index is 3.77. The summed E-state index contributed by atoms with van der Waals surface area (Å²) in [7, 11) is 0. The molecule has 0 saturated heterocycles. The molecule has 5 heteroatoms. The molecule has 0 rings (SSSR count). The summed E-state index contributed by atoms with van der Waals surface area (Å²) in [6.45, 7) is 0.821. The number of hydrogen-bond acceptors (Lipinski definition) is 1. The van der Waals surface area contributed by atoms with Gasteiger partial charge in [0.05, 0.1) is 0 Å². The van der Waals surface area contributed by atoms with Gasteiger partial charge in [-0.1, -0.05) is 28.8 Å². The van der Waals surface area contributed by atoms with E-state index < -0.39 is 11.8 Å². The number of aliphatic hydroxyl groups is 1. The van der Waals surface area contributed by atoms with Crippen molar-refractivity contribution in [2.45, 2.75) is 44.4 Å². The van der Waals surface area contributed by atoms with E-state index in [-0.39, 0.29) is 6.42 Å². The van der Waals surface area contributed by atoms with Crippen LogP contribution in [-0.2, 0) is 0 Å². The minimum atomic E-state index is -4.51.